The Kier molecular flexibility index (Phi) is 7.46. The molecule has 3 nitrogen and oxygen atoms in total. The molecule has 1 rings (SSSR count). The lowest BCUT2D eigenvalue weighted by atomic mass is 10.1. The molecule has 1 unspecified atom stereocenters. The molecule has 0 aliphatic heterocycles. The van der Waals surface area contributed by atoms with Crippen LogP contribution >= 0.6 is 0 Å². The van der Waals surface area contributed by atoms with Crippen LogP contribution in [0.2, 0.25) is 0 Å². The Balaban J connectivity index is 2.18. The van der Waals surface area contributed by atoms with E-state index in [1.807, 2.05) is 19.1 Å². The van der Waals surface area contributed by atoms with Gasteiger partial charge in [0.2, 0.25) is 0 Å². The smallest absolute Gasteiger partial charge is 0.119 e. The summed E-state index contributed by atoms with van der Waals surface area (Å²) in [5.41, 5.74) is 6.97. The van der Waals surface area contributed by atoms with Gasteiger partial charge < -0.3 is 15.2 Å². The fourth-order valence-corrected chi connectivity index (χ4v) is 1.73. The molecule has 102 valence electrons. The molecule has 2 N–H and O–H groups in total. The Morgan fingerprint density at radius 2 is 1.83 bits per heavy atom. The van der Waals surface area contributed by atoms with E-state index in [9.17, 15) is 0 Å². The Labute approximate surface area is 110 Å². The summed E-state index contributed by atoms with van der Waals surface area (Å²) in [7, 11) is 1.72. The van der Waals surface area contributed by atoms with Gasteiger partial charge in [0.1, 0.15) is 5.75 Å². The molecule has 0 radical (unpaired) electrons. The van der Waals surface area contributed by atoms with Gasteiger partial charge in [0, 0.05) is 13.2 Å². The van der Waals surface area contributed by atoms with Crippen molar-refractivity contribution in [3.8, 4) is 5.75 Å². The van der Waals surface area contributed by atoms with Crippen LogP contribution in [-0.2, 0) is 11.2 Å². The molecule has 0 fully saturated rings. The van der Waals surface area contributed by atoms with Gasteiger partial charge >= 0.3 is 0 Å². The van der Waals surface area contributed by atoms with Gasteiger partial charge in [-0.2, -0.15) is 0 Å². The quantitative estimate of drug-likeness (QED) is 0.686. The third-order valence-electron chi connectivity index (χ3n) is 2.84. The van der Waals surface area contributed by atoms with Crippen LogP contribution in [0.25, 0.3) is 0 Å². The molecular formula is C15H25NO2. The van der Waals surface area contributed by atoms with Gasteiger partial charge in [-0.25, -0.2) is 0 Å². The van der Waals surface area contributed by atoms with E-state index < -0.39 is 0 Å². The zero-order valence-electron chi connectivity index (χ0n) is 11.5. The van der Waals surface area contributed by atoms with Crippen LogP contribution in [0.3, 0.4) is 0 Å². The van der Waals surface area contributed by atoms with Crippen LogP contribution < -0.4 is 10.5 Å². The van der Waals surface area contributed by atoms with E-state index in [-0.39, 0.29) is 0 Å². The highest BCUT2D eigenvalue weighted by Gasteiger charge is 1.97. The van der Waals surface area contributed by atoms with Crippen molar-refractivity contribution >= 4 is 0 Å². The molecule has 0 amide bonds. The van der Waals surface area contributed by atoms with Crippen LogP contribution in [0.5, 0.6) is 5.75 Å². The summed E-state index contributed by atoms with van der Waals surface area (Å²) in [6.07, 6.45) is 4.21. The monoisotopic (exact) mass is 251 g/mol. The maximum absolute atomic E-state index is 5.69. The zero-order valence-corrected chi connectivity index (χ0v) is 11.5. The van der Waals surface area contributed by atoms with Crippen LogP contribution in [0.15, 0.2) is 24.3 Å². The largest absolute Gasteiger partial charge is 0.494 e. The van der Waals surface area contributed by atoms with Crippen LogP contribution in [0, 0.1) is 0 Å². The van der Waals surface area contributed by atoms with Crippen molar-refractivity contribution in [1.29, 1.82) is 0 Å². The third kappa shape index (κ3) is 6.62. The van der Waals surface area contributed by atoms with E-state index in [0.717, 1.165) is 44.6 Å². The van der Waals surface area contributed by atoms with Crippen LogP contribution in [-0.4, -0.2) is 26.4 Å². The second kappa shape index (κ2) is 8.95. The fraction of sp³-hybridized carbons (Fsp3) is 0.600. The summed E-state index contributed by atoms with van der Waals surface area (Å²) < 4.78 is 10.7. The normalized spacial score (nSPS) is 12.4. The standard InChI is InChI=1S/C15H25NO2/c1-13(16)5-3-4-11-18-15-8-6-14(7-9-15)10-12-17-2/h6-9,13H,3-5,10-12,16H2,1-2H3. The second-order valence-electron chi connectivity index (χ2n) is 4.71. The molecule has 0 saturated heterocycles. The van der Waals surface area contributed by atoms with Gasteiger partial charge in [0.15, 0.2) is 0 Å². The second-order valence-corrected chi connectivity index (χ2v) is 4.71. The molecule has 0 bridgehead atoms. The number of hydrogen-bond acceptors (Lipinski definition) is 3. The van der Waals surface area contributed by atoms with Crippen LogP contribution in [0.4, 0.5) is 0 Å². The summed E-state index contributed by atoms with van der Waals surface area (Å²) in [6.45, 7) is 3.57. The van der Waals surface area contributed by atoms with Gasteiger partial charge in [-0.1, -0.05) is 12.1 Å². The average molecular weight is 251 g/mol. The lowest BCUT2D eigenvalue weighted by Gasteiger charge is -2.08. The van der Waals surface area contributed by atoms with E-state index in [1.54, 1.807) is 7.11 Å². The third-order valence-corrected chi connectivity index (χ3v) is 2.84. The van der Waals surface area contributed by atoms with Crippen molar-refractivity contribution in [1.82, 2.24) is 0 Å². The van der Waals surface area contributed by atoms with Crippen LogP contribution in [0.1, 0.15) is 31.7 Å². The Bertz CT molecular complexity index is 309. The number of methoxy groups -OCH3 is 1. The first-order valence-corrected chi connectivity index (χ1v) is 6.68. The van der Waals surface area contributed by atoms with Crippen molar-refractivity contribution in [3.63, 3.8) is 0 Å². The van der Waals surface area contributed by atoms with Gasteiger partial charge in [-0.05, 0) is 50.3 Å². The molecule has 0 aliphatic carbocycles. The topological polar surface area (TPSA) is 44.5 Å². The molecule has 18 heavy (non-hydrogen) atoms. The Morgan fingerprint density at radius 3 is 2.44 bits per heavy atom. The van der Waals surface area contributed by atoms with E-state index in [4.69, 9.17) is 15.2 Å². The SMILES string of the molecule is COCCc1ccc(OCCCCC(C)N)cc1. The molecule has 1 aromatic carbocycles. The number of ether oxygens (including phenoxy) is 2. The first-order valence-electron chi connectivity index (χ1n) is 6.68. The first-order chi connectivity index (χ1) is 8.72. The fourth-order valence-electron chi connectivity index (χ4n) is 1.73. The van der Waals surface area contributed by atoms with Gasteiger partial charge in [-0.15, -0.1) is 0 Å². The number of benzene rings is 1. The predicted molar refractivity (Wildman–Crippen MR) is 75.0 cm³/mol. The maximum atomic E-state index is 5.69. The predicted octanol–water partition coefficient (Wildman–Crippen LogP) is 2.77. The van der Waals surface area contributed by atoms with E-state index in [1.165, 1.54) is 5.56 Å². The molecule has 3 heteroatoms. The maximum Gasteiger partial charge on any atom is 0.119 e. The first kappa shape index (κ1) is 15.0. The summed E-state index contributed by atoms with van der Waals surface area (Å²) in [4.78, 5) is 0. The van der Waals surface area contributed by atoms with Gasteiger partial charge in [0.05, 0.1) is 13.2 Å². The zero-order chi connectivity index (χ0) is 13.2. The highest BCUT2D eigenvalue weighted by molar-refractivity contribution is 5.27. The van der Waals surface area contributed by atoms with E-state index >= 15 is 0 Å². The minimum absolute atomic E-state index is 0.296. The molecule has 0 saturated carbocycles. The summed E-state index contributed by atoms with van der Waals surface area (Å²) in [5.74, 6) is 0.942. The Hall–Kier alpha value is -1.06. The highest BCUT2D eigenvalue weighted by Crippen LogP contribution is 2.13. The molecule has 0 spiro atoms. The van der Waals surface area contributed by atoms with Crippen molar-refractivity contribution < 1.29 is 9.47 Å². The minimum Gasteiger partial charge on any atom is -0.494 e. The van der Waals surface area contributed by atoms with Gasteiger partial charge in [0.25, 0.3) is 0 Å². The molecule has 0 heterocycles. The number of hydrogen-bond donors (Lipinski definition) is 1. The number of unbranched alkanes of at least 4 members (excludes halogenated alkanes) is 1. The molecule has 1 aromatic rings. The molecule has 0 aromatic heterocycles. The summed E-state index contributed by atoms with van der Waals surface area (Å²) in [6, 6.07) is 8.53. The number of nitrogens with two attached hydrogens (primary N) is 1. The lowest BCUT2D eigenvalue weighted by molar-refractivity contribution is 0.202. The molecule has 1 atom stereocenters. The van der Waals surface area contributed by atoms with Gasteiger partial charge in [-0.3, -0.25) is 0 Å². The van der Waals surface area contributed by atoms with Crippen molar-refractivity contribution in [2.75, 3.05) is 20.3 Å². The van der Waals surface area contributed by atoms with Crippen molar-refractivity contribution in [2.45, 2.75) is 38.6 Å². The van der Waals surface area contributed by atoms with E-state index in [0.29, 0.717) is 6.04 Å². The average Bonchev–Trinajstić information content (AvgIpc) is 2.37. The highest BCUT2D eigenvalue weighted by atomic mass is 16.5. The Morgan fingerprint density at radius 1 is 1.11 bits per heavy atom. The molecular weight excluding hydrogens is 226 g/mol. The van der Waals surface area contributed by atoms with E-state index in [2.05, 4.69) is 12.1 Å². The number of rotatable bonds is 9. The summed E-state index contributed by atoms with van der Waals surface area (Å²) in [5, 5.41) is 0. The van der Waals surface area contributed by atoms with Crippen molar-refractivity contribution in [2.24, 2.45) is 5.73 Å². The minimum atomic E-state index is 0.296. The van der Waals surface area contributed by atoms with Crippen molar-refractivity contribution in [3.05, 3.63) is 29.8 Å². The summed E-state index contributed by atoms with van der Waals surface area (Å²) >= 11 is 0. The molecule has 0 aliphatic rings. The lowest BCUT2D eigenvalue weighted by Crippen LogP contribution is -2.14.